The van der Waals surface area contributed by atoms with Gasteiger partial charge >= 0.3 is 0 Å². The van der Waals surface area contributed by atoms with E-state index in [0.717, 1.165) is 22.2 Å². The van der Waals surface area contributed by atoms with Crippen molar-refractivity contribution in [3.05, 3.63) is 46.4 Å². The summed E-state index contributed by atoms with van der Waals surface area (Å²) in [4.78, 5) is 0. The van der Waals surface area contributed by atoms with Gasteiger partial charge in [-0.25, -0.2) is 0 Å². The van der Waals surface area contributed by atoms with Crippen molar-refractivity contribution in [3.8, 4) is 23.0 Å². The Hall–Kier alpha value is -1.72. The molecule has 2 N–H and O–H groups in total. The lowest BCUT2D eigenvalue weighted by atomic mass is 10.1. The number of para-hydroxylation sites is 1. The molecule has 112 valence electrons. The van der Waals surface area contributed by atoms with Crippen LogP contribution < -0.4 is 19.9 Å². The summed E-state index contributed by atoms with van der Waals surface area (Å²) >= 11 is 3.46. The summed E-state index contributed by atoms with van der Waals surface area (Å²) in [7, 11) is 3.20. The number of benzene rings is 2. The Morgan fingerprint density at radius 2 is 1.67 bits per heavy atom. The van der Waals surface area contributed by atoms with E-state index < -0.39 is 0 Å². The molecule has 0 aliphatic heterocycles. The summed E-state index contributed by atoms with van der Waals surface area (Å²) in [5.74, 6) is 2.53. The molecular weight excluding hydrogens is 334 g/mol. The van der Waals surface area contributed by atoms with Gasteiger partial charge in [0.15, 0.2) is 11.5 Å². The molecule has 0 amide bonds. The predicted octanol–water partition coefficient (Wildman–Crippen LogP) is 3.76. The zero-order valence-electron chi connectivity index (χ0n) is 12.1. The van der Waals surface area contributed by atoms with E-state index in [4.69, 9.17) is 19.9 Å². The summed E-state index contributed by atoms with van der Waals surface area (Å²) in [6.07, 6.45) is 0.736. The fraction of sp³-hybridized carbons (Fsp3) is 0.250. The first-order valence-corrected chi connectivity index (χ1v) is 7.36. The highest BCUT2D eigenvalue weighted by Gasteiger charge is 2.14. The van der Waals surface area contributed by atoms with Gasteiger partial charge in [0.25, 0.3) is 0 Å². The van der Waals surface area contributed by atoms with Gasteiger partial charge in [0, 0.05) is 4.47 Å². The summed E-state index contributed by atoms with van der Waals surface area (Å²) in [5.41, 5.74) is 6.69. The molecule has 2 rings (SSSR count). The van der Waals surface area contributed by atoms with Crippen molar-refractivity contribution in [2.45, 2.75) is 6.42 Å². The van der Waals surface area contributed by atoms with Gasteiger partial charge in [-0.1, -0.05) is 28.1 Å². The van der Waals surface area contributed by atoms with Gasteiger partial charge in [-0.05, 0) is 42.8 Å². The van der Waals surface area contributed by atoms with Crippen LogP contribution in [-0.4, -0.2) is 20.8 Å². The molecule has 0 saturated carbocycles. The summed E-state index contributed by atoms with van der Waals surface area (Å²) in [6.45, 7) is 0.557. The summed E-state index contributed by atoms with van der Waals surface area (Å²) in [5, 5.41) is 0. The molecule has 2 aromatic rings. The minimum absolute atomic E-state index is 0.555. The topological polar surface area (TPSA) is 53.7 Å². The number of nitrogens with two attached hydrogens (primary N) is 1. The lowest BCUT2D eigenvalue weighted by Crippen LogP contribution is -2.04. The lowest BCUT2D eigenvalue weighted by Gasteiger charge is -2.16. The fourth-order valence-electron chi connectivity index (χ4n) is 2.01. The minimum atomic E-state index is 0.555. The van der Waals surface area contributed by atoms with Crippen LogP contribution in [0.2, 0.25) is 0 Å². The molecule has 0 aliphatic carbocycles. The Balaban J connectivity index is 2.44. The van der Waals surface area contributed by atoms with Crippen molar-refractivity contribution in [3.63, 3.8) is 0 Å². The second-order valence-corrected chi connectivity index (χ2v) is 5.30. The minimum Gasteiger partial charge on any atom is -0.493 e. The van der Waals surface area contributed by atoms with Crippen molar-refractivity contribution < 1.29 is 14.2 Å². The Morgan fingerprint density at radius 3 is 2.24 bits per heavy atom. The van der Waals surface area contributed by atoms with Gasteiger partial charge in [-0.15, -0.1) is 0 Å². The maximum absolute atomic E-state index is 6.05. The SMILES string of the molecule is COc1cccc(OC)c1Oc1cc(Br)ccc1CCN. The number of hydrogen-bond donors (Lipinski definition) is 1. The van der Waals surface area contributed by atoms with Gasteiger partial charge in [0.2, 0.25) is 5.75 Å². The first-order chi connectivity index (χ1) is 10.2. The van der Waals surface area contributed by atoms with Crippen LogP contribution in [0, 0.1) is 0 Å². The molecule has 2 aromatic carbocycles. The van der Waals surface area contributed by atoms with E-state index in [1.807, 2.05) is 36.4 Å². The standard InChI is InChI=1S/C16H18BrNO3/c1-19-13-4-3-5-14(20-2)16(13)21-15-10-12(17)7-6-11(15)8-9-18/h3-7,10H,8-9,18H2,1-2H3. The summed E-state index contributed by atoms with van der Waals surface area (Å²) < 4.78 is 17.7. The number of methoxy groups -OCH3 is 2. The Morgan fingerprint density at radius 1 is 1.00 bits per heavy atom. The molecule has 0 saturated heterocycles. The third kappa shape index (κ3) is 3.68. The highest BCUT2D eigenvalue weighted by Crippen LogP contribution is 2.41. The molecule has 0 unspecified atom stereocenters. The quantitative estimate of drug-likeness (QED) is 0.860. The van der Waals surface area contributed by atoms with Gasteiger partial charge in [0.05, 0.1) is 14.2 Å². The van der Waals surface area contributed by atoms with Crippen molar-refractivity contribution in [1.82, 2.24) is 0 Å². The van der Waals surface area contributed by atoms with Crippen LogP contribution in [0.1, 0.15) is 5.56 Å². The molecule has 0 heterocycles. The average molecular weight is 352 g/mol. The molecular formula is C16H18BrNO3. The van der Waals surface area contributed by atoms with Crippen LogP contribution in [0.5, 0.6) is 23.0 Å². The summed E-state index contributed by atoms with van der Waals surface area (Å²) in [6, 6.07) is 11.4. The molecule has 4 nitrogen and oxygen atoms in total. The maximum Gasteiger partial charge on any atom is 0.211 e. The average Bonchev–Trinajstić information content (AvgIpc) is 2.50. The first kappa shape index (κ1) is 15.7. The van der Waals surface area contributed by atoms with Crippen molar-refractivity contribution in [1.29, 1.82) is 0 Å². The van der Waals surface area contributed by atoms with E-state index >= 15 is 0 Å². The normalized spacial score (nSPS) is 10.3. The molecule has 21 heavy (non-hydrogen) atoms. The second-order valence-electron chi connectivity index (χ2n) is 4.38. The molecule has 0 bridgehead atoms. The van der Waals surface area contributed by atoms with Gasteiger partial charge in [0.1, 0.15) is 5.75 Å². The molecule has 0 fully saturated rings. The first-order valence-electron chi connectivity index (χ1n) is 6.57. The van der Waals surface area contributed by atoms with E-state index in [2.05, 4.69) is 15.9 Å². The maximum atomic E-state index is 6.05. The van der Waals surface area contributed by atoms with E-state index in [9.17, 15) is 0 Å². The van der Waals surface area contributed by atoms with Crippen molar-refractivity contribution in [2.24, 2.45) is 5.73 Å². The number of rotatable bonds is 6. The zero-order valence-corrected chi connectivity index (χ0v) is 13.6. The highest BCUT2D eigenvalue weighted by molar-refractivity contribution is 9.10. The predicted molar refractivity (Wildman–Crippen MR) is 86.5 cm³/mol. The molecule has 5 heteroatoms. The van der Waals surface area contributed by atoms with E-state index in [0.29, 0.717) is 23.8 Å². The van der Waals surface area contributed by atoms with Crippen LogP contribution in [0.25, 0.3) is 0 Å². The van der Waals surface area contributed by atoms with Crippen LogP contribution >= 0.6 is 15.9 Å². The van der Waals surface area contributed by atoms with Crippen LogP contribution in [-0.2, 0) is 6.42 Å². The van der Waals surface area contributed by atoms with Gasteiger partial charge < -0.3 is 19.9 Å². The number of hydrogen-bond acceptors (Lipinski definition) is 4. The number of ether oxygens (including phenoxy) is 3. The molecule has 0 atom stereocenters. The molecule has 0 aromatic heterocycles. The molecule has 0 spiro atoms. The smallest absolute Gasteiger partial charge is 0.211 e. The largest absolute Gasteiger partial charge is 0.493 e. The Kier molecular flexibility index (Phi) is 5.47. The van der Waals surface area contributed by atoms with Crippen LogP contribution in [0.15, 0.2) is 40.9 Å². The molecule has 0 radical (unpaired) electrons. The monoisotopic (exact) mass is 351 g/mol. The Labute approximate surface area is 132 Å². The highest BCUT2D eigenvalue weighted by atomic mass is 79.9. The van der Waals surface area contributed by atoms with Gasteiger partial charge in [-0.2, -0.15) is 0 Å². The second kappa shape index (κ2) is 7.33. The molecule has 0 aliphatic rings. The fourth-order valence-corrected chi connectivity index (χ4v) is 2.35. The van der Waals surface area contributed by atoms with Crippen molar-refractivity contribution in [2.75, 3.05) is 20.8 Å². The van der Waals surface area contributed by atoms with Gasteiger partial charge in [-0.3, -0.25) is 0 Å². The van der Waals surface area contributed by atoms with E-state index in [1.165, 1.54) is 0 Å². The van der Waals surface area contributed by atoms with E-state index in [-0.39, 0.29) is 0 Å². The Bertz CT molecular complexity index is 594. The van der Waals surface area contributed by atoms with E-state index in [1.54, 1.807) is 14.2 Å². The van der Waals surface area contributed by atoms with Crippen LogP contribution in [0.3, 0.4) is 0 Å². The third-order valence-electron chi connectivity index (χ3n) is 3.04. The third-order valence-corrected chi connectivity index (χ3v) is 3.53. The number of halogens is 1. The van der Waals surface area contributed by atoms with Crippen LogP contribution in [0.4, 0.5) is 0 Å². The lowest BCUT2D eigenvalue weighted by molar-refractivity contribution is 0.345. The van der Waals surface area contributed by atoms with Crippen molar-refractivity contribution >= 4 is 15.9 Å². The zero-order chi connectivity index (χ0) is 15.2.